The van der Waals surface area contributed by atoms with Crippen LogP contribution in [0.25, 0.3) is 11.0 Å². The van der Waals surface area contributed by atoms with Crippen molar-refractivity contribution in [3.63, 3.8) is 0 Å². The van der Waals surface area contributed by atoms with Crippen LogP contribution in [-0.2, 0) is 6.54 Å². The number of hydrogen-bond donors (Lipinski definition) is 0. The van der Waals surface area contributed by atoms with Crippen molar-refractivity contribution < 1.29 is 4.85 Å². The van der Waals surface area contributed by atoms with Crippen molar-refractivity contribution >= 4 is 11.0 Å². The third kappa shape index (κ3) is 1.24. The predicted octanol–water partition coefficient (Wildman–Crippen LogP) is 1.08. The van der Waals surface area contributed by atoms with Crippen LogP contribution >= 0.6 is 0 Å². The van der Waals surface area contributed by atoms with Gasteiger partial charge in [0, 0.05) is 0 Å². The van der Waals surface area contributed by atoms with Crippen molar-refractivity contribution in [3.8, 4) is 0 Å². The Balaban J connectivity index is 2.63. The second-order valence-electron chi connectivity index (χ2n) is 2.97. The monoisotopic (exact) mass is 177 g/mol. The first kappa shape index (κ1) is 8.04. The molecule has 68 valence electrons. The van der Waals surface area contributed by atoms with Gasteiger partial charge in [-0.15, -0.1) is 9.53 Å². The zero-order chi connectivity index (χ0) is 9.26. The lowest BCUT2D eigenvalue weighted by molar-refractivity contribution is -0.646. The van der Waals surface area contributed by atoms with E-state index in [0.29, 0.717) is 10.4 Å². The van der Waals surface area contributed by atoms with E-state index >= 15 is 0 Å². The number of para-hydroxylation sites is 2. The van der Waals surface area contributed by atoms with Gasteiger partial charge in [-0.1, -0.05) is 19.1 Å². The summed E-state index contributed by atoms with van der Waals surface area (Å²) in [6, 6.07) is 7.44. The average Bonchev–Trinajstić information content (AvgIpc) is 2.46. The van der Waals surface area contributed by atoms with Crippen LogP contribution in [-0.4, -0.2) is 9.90 Å². The molecular weight excluding hydrogens is 166 g/mol. The van der Waals surface area contributed by atoms with E-state index in [1.54, 1.807) is 10.7 Å². The van der Waals surface area contributed by atoms with Crippen molar-refractivity contribution in [3.05, 3.63) is 29.5 Å². The summed E-state index contributed by atoms with van der Waals surface area (Å²) < 4.78 is 1.74. The van der Waals surface area contributed by atoms with Crippen molar-refractivity contribution in [2.75, 3.05) is 0 Å². The normalized spacial score (nSPS) is 10.8. The molecule has 0 unspecified atom stereocenters. The molecule has 4 nitrogen and oxygen atoms in total. The predicted molar refractivity (Wildman–Crippen MR) is 49.0 cm³/mol. The maximum Gasteiger partial charge on any atom is 0.202 e. The Morgan fingerprint density at radius 2 is 2.23 bits per heavy atom. The van der Waals surface area contributed by atoms with Gasteiger partial charge in [-0.3, -0.25) is 0 Å². The first-order chi connectivity index (χ1) is 6.33. The number of rotatable bonds is 2. The minimum atomic E-state index is 0.635. The molecule has 0 saturated carbocycles. The van der Waals surface area contributed by atoms with Crippen molar-refractivity contribution in [1.82, 2.24) is 9.90 Å². The van der Waals surface area contributed by atoms with Crippen LogP contribution in [0.1, 0.15) is 13.3 Å². The second-order valence-corrected chi connectivity index (χ2v) is 2.97. The van der Waals surface area contributed by atoms with Crippen LogP contribution in [0.3, 0.4) is 0 Å². The van der Waals surface area contributed by atoms with Crippen LogP contribution in [0, 0.1) is 5.21 Å². The molecule has 0 atom stereocenters. The first-order valence-electron chi connectivity index (χ1n) is 4.38. The van der Waals surface area contributed by atoms with Gasteiger partial charge in [-0.05, 0) is 18.6 Å². The number of aromatic nitrogens is 3. The van der Waals surface area contributed by atoms with Gasteiger partial charge in [0.05, 0.1) is 5.21 Å². The largest absolute Gasteiger partial charge is 0.691 e. The first-order valence-corrected chi connectivity index (χ1v) is 4.38. The lowest BCUT2D eigenvalue weighted by atomic mass is 10.3. The summed E-state index contributed by atoms with van der Waals surface area (Å²) in [7, 11) is 0. The van der Waals surface area contributed by atoms with Crippen LogP contribution in [0.15, 0.2) is 24.3 Å². The fraction of sp³-hybridized carbons (Fsp3) is 0.333. The number of benzene rings is 1. The third-order valence-corrected chi connectivity index (χ3v) is 1.99. The van der Waals surface area contributed by atoms with Crippen LogP contribution in [0.5, 0.6) is 0 Å². The summed E-state index contributed by atoms with van der Waals surface area (Å²) >= 11 is 0. The molecule has 0 amide bonds. The SMILES string of the molecule is CCCn1n[n+]([O-])c2ccccc21. The molecule has 1 aromatic heterocycles. The molecule has 0 aliphatic rings. The van der Waals surface area contributed by atoms with Crippen LogP contribution in [0.2, 0.25) is 0 Å². The molecule has 0 aliphatic carbocycles. The van der Waals surface area contributed by atoms with Gasteiger partial charge < -0.3 is 5.21 Å². The Morgan fingerprint density at radius 1 is 1.46 bits per heavy atom. The maximum atomic E-state index is 11.3. The minimum Gasteiger partial charge on any atom is -0.691 e. The van der Waals surface area contributed by atoms with E-state index in [0.717, 1.165) is 18.5 Å². The molecule has 2 rings (SSSR count). The molecule has 0 aliphatic heterocycles. The number of nitrogens with zero attached hydrogens (tertiary/aromatic N) is 3. The summed E-state index contributed by atoms with van der Waals surface area (Å²) in [6.07, 6.45) is 0.978. The Bertz CT molecular complexity index is 422. The Kier molecular flexibility index (Phi) is 1.88. The fourth-order valence-electron chi connectivity index (χ4n) is 1.42. The summed E-state index contributed by atoms with van der Waals surface area (Å²) in [5.74, 6) is 0. The molecule has 0 N–H and O–H groups in total. The van der Waals surface area contributed by atoms with Gasteiger partial charge in [-0.25, -0.2) is 0 Å². The molecule has 0 saturated heterocycles. The fourth-order valence-corrected chi connectivity index (χ4v) is 1.42. The minimum absolute atomic E-state index is 0.635. The topological polar surface area (TPSA) is 44.8 Å². The molecule has 1 aromatic carbocycles. The highest BCUT2D eigenvalue weighted by atomic mass is 16.5. The lowest BCUT2D eigenvalue weighted by Gasteiger charge is -1.89. The van der Waals surface area contributed by atoms with Gasteiger partial charge in [0.25, 0.3) is 0 Å². The number of hydrogen-bond acceptors (Lipinski definition) is 2. The Morgan fingerprint density at radius 3 is 3.00 bits per heavy atom. The van der Waals surface area contributed by atoms with E-state index in [1.807, 2.05) is 18.2 Å². The summed E-state index contributed by atoms with van der Waals surface area (Å²) in [5, 5.41) is 15.1. The van der Waals surface area contributed by atoms with Crippen molar-refractivity contribution in [1.29, 1.82) is 0 Å². The van der Waals surface area contributed by atoms with Crippen molar-refractivity contribution in [2.45, 2.75) is 19.9 Å². The van der Waals surface area contributed by atoms with Crippen LogP contribution < -0.4 is 4.85 Å². The summed E-state index contributed by atoms with van der Waals surface area (Å²) in [5.41, 5.74) is 1.54. The standard InChI is InChI=1S/C9H11N3O/c1-2-7-11-8-5-3-4-6-9(8)12(13)10-11/h3-6H,2,7H2,1H3. The average molecular weight is 177 g/mol. The molecule has 0 spiro atoms. The van der Waals surface area contributed by atoms with E-state index in [2.05, 4.69) is 12.1 Å². The highest BCUT2D eigenvalue weighted by Gasteiger charge is 2.11. The highest BCUT2D eigenvalue weighted by Crippen LogP contribution is 2.08. The summed E-state index contributed by atoms with van der Waals surface area (Å²) in [6.45, 7) is 2.85. The van der Waals surface area contributed by atoms with Gasteiger partial charge >= 0.3 is 0 Å². The summed E-state index contributed by atoms with van der Waals surface area (Å²) in [4.78, 5) is 0.672. The Labute approximate surface area is 76.0 Å². The highest BCUT2D eigenvalue weighted by molar-refractivity contribution is 5.70. The lowest BCUT2D eigenvalue weighted by Crippen LogP contribution is -2.29. The van der Waals surface area contributed by atoms with E-state index in [1.165, 1.54) is 0 Å². The van der Waals surface area contributed by atoms with E-state index in [9.17, 15) is 5.21 Å². The molecule has 4 heteroatoms. The quantitative estimate of drug-likeness (QED) is 0.509. The zero-order valence-corrected chi connectivity index (χ0v) is 7.47. The van der Waals surface area contributed by atoms with Gasteiger partial charge in [0.1, 0.15) is 6.54 Å². The molecular formula is C9H11N3O. The molecule has 0 bridgehead atoms. The van der Waals surface area contributed by atoms with Gasteiger partial charge in [0.15, 0.2) is 5.52 Å². The molecule has 13 heavy (non-hydrogen) atoms. The smallest absolute Gasteiger partial charge is 0.202 e. The van der Waals surface area contributed by atoms with E-state index in [4.69, 9.17) is 0 Å². The Hall–Kier alpha value is -1.58. The van der Waals surface area contributed by atoms with E-state index in [-0.39, 0.29) is 0 Å². The molecule has 0 radical (unpaired) electrons. The second kappa shape index (κ2) is 3.05. The number of aryl methyl sites for hydroxylation is 1. The van der Waals surface area contributed by atoms with Gasteiger partial charge in [0.2, 0.25) is 5.52 Å². The molecule has 0 fully saturated rings. The third-order valence-electron chi connectivity index (χ3n) is 1.99. The van der Waals surface area contributed by atoms with E-state index < -0.39 is 0 Å². The maximum absolute atomic E-state index is 11.3. The molecule has 2 aromatic rings. The van der Waals surface area contributed by atoms with Crippen LogP contribution in [0.4, 0.5) is 0 Å². The zero-order valence-electron chi connectivity index (χ0n) is 7.47. The molecule has 1 heterocycles. The van der Waals surface area contributed by atoms with Gasteiger partial charge in [-0.2, -0.15) is 0 Å². The van der Waals surface area contributed by atoms with Crippen molar-refractivity contribution in [2.24, 2.45) is 0 Å². The number of fused-ring (bicyclic) bond motifs is 1.